The maximum absolute atomic E-state index is 13.8. The Morgan fingerprint density at radius 1 is 1.21 bits per heavy atom. The van der Waals surface area contributed by atoms with Gasteiger partial charge in [-0.15, -0.1) is 0 Å². The lowest BCUT2D eigenvalue weighted by Gasteiger charge is -2.28. The van der Waals surface area contributed by atoms with Crippen molar-refractivity contribution >= 4 is 16.0 Å². The molecule has 0 aliphatic heterocycles. The van der Waals surface area contributed by atoms with Crippen molar-refractivity contribution in [1.82, 2.24) is 14.9 Å². The molecule has 3 rings (SSSR count). The molecule has 1 saturated carbocycles. The number of sulfonamides is 1. The van der Waals surface area contributed by atoms with Gasteiger partial charge in [0.1, 0.15) is 0 Å². The van der Waals surface area contributed by atoms with E-state index in [1.807, 2.05) is 0 Å². The van der Waals surface area contributed by atoms with E-state index in [0.717, 1.165) is 31.7 Å². The van der Waals surface area contributed by atoms with Crippen molar-refractivity contribution in [3.8, 4) is 11.4 Å². The lowest BCUT2D eigenvalue weighted by Crippen LogP contribution is -2.37. The zero-order valence-electron chi connectivity index (χ0n) is 15.8. The van der Waals surface area contributed by atoms with Crippen molar-refractivity contribution in [2.45, 2.75) is 50.8 Å². The Morgan fingerprint density at radius 2 is 1.93 bits per heavy atom. The van der Waals surface area contributed by atoms with Gasteiger partial charge in [0.2, 0.25) is 15.8 Å². The number of halogens is 2. The fourth-order valence-corrected chi connectivity index (χ4v) is 3.96. The summed E-state index contributed by atoms with van der Waals surface area (Å²) in [7, 11) is -3.25. The minimum Gasteiger partial charge on any atom is -0.335 e. The van der Waals surface area contributed by atoms with Gasteiger partial charge in [-0.25, -0.2) is 21.9 Å². The Labute approximate surface area is 163 Å². The van der Waals surface area contributed by atoms with Crippen LogP contribution in [0.2, 0.25) is 0 Å². The molecule has 154 valence electrons. The predicted molar refractivity (Wildman–Crippen MR) is 101 cm³/mol. The van der Waals surface area contributed by atoms with E-state index in [1.165, 1.54) is 12.1 Å². The number of aromatic nitrogens is 2. The van der Waals surface area contributed by atoms with E-state index in [2.05, 4.69) is 20.2 Å². The van der Waals surface area contributed by atoms with Crippen LogP contribution in [-0.4, -0.2) is 36.4 Å². The van der Waals surface area contributed by atoms with Crippen molar-refractivity contribution in [3.63, 3.8) is 0 Å². The molecule has 10 heteroatoms. The highest BCUT2D eigenvalue weighted by Gasteiger charge is 2.25. The molecule has 1 aliphatic carbocycles. The number of nitrogens with zero attached hydrogens (tertiary/aromatic N) is 2. The van der Waals surface area contributed by atoms with Gasteiger partial charge >= 0.3 is 6.01 Å². The summed E-state index contributed by atoms with van der Waals surface area (Å²) in [5.41, 5.74) is -0.0575. The summed E-state index contributed by atoms with van der Waals surface area (Å²) in [6.45, 7) is 3.74. The van der Waals surface area contributed by atoms with E-state index in [4.69, 9.17) is 4.52 Å². The highest BCUT2D eigenvalue weighted by atomic mass is 32.2. The summed E-state index contributed by atoms with van der Waals surface area (Å²) in [5, 5.41) is 6.39. The average molecular weight is 414 g/mol. The molecule has 2 N–H and O–H groups in total. The lowest BCUT2D eigenvalue weighted by molar-refractivity contribution is 0.330. The van der Waals surface area contributed by atoms with Crippen molar-refractivity contribution in [2.75, 3.05) is 11.9 Å². The molecular formula is C18H24F2N4O3S. The van der Waals surface area contributed by atoms with E-state index in [9.17, 15) is 17.2 Å². The van der Waals surface area contributed by atoms with E-state index >= 15 is 0 Å². The summed E-state index contributed by atoms with van der Waals surface area (Å²) in [4.78, 5) is 4.10. The Bertz CT molecular complexity index is 909. The van der Waals surface area contributed by atoms with Gasteiger partial charge in [0.25, 0.3) is 0 Å². The zero-order chi connectivity index (χ0) is 20.3. The smallest absolute Gasteiger partial charge is 0.322 e. The second-order valence-electron chi connectivity index (χ2n) is 7.33. The number of hydrogen-bond acceptors (Lipinski definition) is 6. The van der Waals surface area contributed by atoms with Crippen molar-refractivity contribution in [1.29, 1.82) is 0 Å². The van der Waals surface area contributed by atoms with Crippen molar-refractivity contribution in [2.24, 2.45) is 5.92 Å². The number of benzene rings is 1. The topological polar surface area (TPSA) is 97.1 Å². The molecule has 28 heavy (non-hydrogen) atoms. The highest BCUT2D eigenvalue weighted by molar-refractivity contribution is 7.90. The molecule has 0 bridgehead atoms. The van der Waals surface area contributed by atoms with Crippen molar-refractivity contribution in [3.05, 3.63) is 29.8 Å². The molecule has 1 heterocycles. The second kappa shape index (κ2) is 8.52. The standard InChI is InChI=1S/C18H24F2N4O3S/c1-11(2)28(25,26)21-10-12-6-8-13(9-7-12)22-18-23-17(24-27-18)14-4-3-5-15(19)16(14)20/h3-5,11-13,21H,6-10H2,1-2H3,(H,22,23,24)/t12-,13-. The Morgan fingerprint density at radius 3 is 2.61 bits per heavy atom. The molecule has 1 fully saturated rings. The highest BCUT2D eigenvalue weighted by Crippen LogP contribution is 2.27. The summed E-state index contributed by atoms with van der Waals surface area (Å²) in [5.74, 6) is -1.72. The third kappa shape index (κ3) is 4.85. The summed E-state index contributed by atoms with van der Waals surface area (Å²) in [6, 6.07) is 4.05. The third-order valence-corrected chi connectivity index (χ3v) is 6.80. The van der Waals surface area contributed by atoms with Crippen LogP contribution in [-0.2, 0) is 10.0 Å². The van der Waals surface area contributed by atoms with Gasteiger partial charge in [-0.1, -0.05) is 11.2 Å². The largest absolute Gasteiger partial charge is 0.335 e. The van der Waals surface area contributed by atoms with E-state index in [1.54, 1.807) is 13.8 Å². The molecular weight excluding hydrogens is 390 g/mol. The fourth-order valence-electron chi connectivity index (χ4n) is 3.15. The summed E-state index contributed by atoms with van der Waals surface area (Å²) >= 11 is 0. The minimum absolute atomic E-state index is 0.0173. The zero-order valence-corrected chi connectivity index (χ0v) is 16.6. The third-order valence-electron chi connectivity index (χ3n) is 4.99. The van der Waals surface area contributed by atoms with Crippen molar-refractivity contribution < 1.29 is 21.7 Å². The Balaban J connectivity index is 1.52. The molecule has 1 aliphatic rings. The van der Waals surface area contributed by atoms with Crippen LogP contribution in [0.15, 0.2) is 22.7 Å². The monoisotopic (exact) mass is 414 g/mol. The maximum atomic E-state index is 13.8. The Hall–Kier alpha value is -2.07. The second-order valence-corrected chi connectivity index (χ2v) is 9.65. The molecule has 2 aromatic rings. The van der Waals surface area contributed by atoms with Gasteiger partial charge < -0.3 is 9.84 Å². The van der Waals surface area contributed by atoms with Crippen LogP contribution in [0, 0.1) is 17.6 Å². The van der Waals surface area contributed by atoms with Gasteiger partial charge in [-0.05, 0) is 57.6 Å². The molecule has 7 nitrogen and oxygen atoms in total. The predicted octanol–water partition coefficient (Wildman–Crippen LogP) is 3.31. The SMILES string of the molecule is CC(C)S(=O)(=O)NC[C@H]1CC[C@H](Nc2nc(-c3cccc(F)c3F)no2)CC1. The van der Waals surface area contributed by atoms with E-state index in [-0.39, 0.29) is 29.4 Å². The van der Waals surface area contributed by atoms with Crippen LogP contribution in [0.4, 0.5) is 14.8 Å². The maximum Gasteiger partial charge on any atom is 0.322 e. The van der Waals surface area contributed by atoms with E-state index in [0.29, 0.717) is 6.54 Å². The van der Waals surface area contributed by atoms with Gasteiger partial charge in [-0.2, -0.15) is 4.98 Å². The molecule has 0 radical (unpaired) electrons. The van der Waals surface area contributed by atoms with Crippen LogP contribution in [0.5, 0.6) is 0 Å². The quantitative estimate of drug-likeness (QED) is 0.721. The van der Waals surface area contributed by atoms with Gasteiger partial charge in [0.05, 0.1) is 10.8 Å². The first-order chi connectivity index (χ1) is 13.3. The normalized spacial score (nSPS) is 20.5. The first-order valence-electron chi connectivity index (χ1n) is 9.29. The molecule has 0 unspecified atom stereocenters. The van der Waals surface area contributed by atoms with Gasteiger partial charge in [0.15, 0.2) is 11.6 Å². The summed E-state index contributed by atoms with van der Waals surface area (Å²) < 4.78 is 58.6. The summed E-state index contributed by atoms with van der Waals surface area (Å²) in [6.07, 6.45) is 3.36. The minimum atomic E-state index is -3.25. The molecule has 0 spiro atoms. The number of anilines is 1. The molecule has 0 saturated heterocycles. The lowest BCUT2D eigenvalue weighted by atomic mass is 9.86. The fraction of sp³-hybridized carbons (Fsp3) is 0.556. The van der Waals surface area contributed by atoms with E-state index < -0.39 is 26.9 Å². The van der Waals surface area contributed by atoms with Crippen LogP contribution in [0.1, 0.15) is 39.5 Å². The molecule has 0 amide bonds. The average Bonchev–Trinajstić information content (AvgIpc) is 3.11. The van der Waals surface area contributed by atoms with Gasteiger partial charge in [-0.3, -0.25) is 0 Å². The van der Waals surface area contributed by atoms with Crippen LogP contribution >= 0.6 is 0 Å². The molecule has 0 atom stereocenters. The number of hydrogen-bond donors (Lipinski definition) is 2. The molecule has 1 aromatic heterocycles. The number of rotatable bonds is 7. The first kappa shape index (κ1) is 20.7. The van der Waals surface area contributed by atoms with Gasteiger partial charge in [0, 0.05) is 12.6 Å². The molecule has 1 aromatic carbocycles. The van der Waals surface area contributed by atoms with Crippen LogP contribution in [0.3, 0.4) is 0 Å². The Kier molecular flexibility index (Phi) is 6.29. The first-order valence-corrected chi connectivity index (χ1v) is 10.8. The van der Waals surface area contributed by atoms with Crippen LogP contribution < -0.4 is 10.0 Å². The van der Waals surface area contributed by atoms with Crippen LogP contribution in [0.25, 0.3) is 11.4 Å². The number of nitrogens with one attached hydrogen (secondary N) is 2.